The molecule has 0 aromatic heterocycles. The molecule has 3 nitrogen and oxygen atoms in total. The number of hydrogen-bond acceptors (Lipinski definition) is 4. The number of ether oxygens (including phenoxy) is 1. The summed E-state index contributed by atoms with van der Waals surface area (Å²) in [5, 5.41) is 0.793. The van der Waals surface area contributed by atoms with Crippen molar-refractivity contribution in [1.82, 2.24) is 0 Å². The van der Waals surface area contributed by atoms with Gasteiger partial charge in [0.05, 0.1) is 12.2 Å². The Morgan fingerprint density at radius 1 is 1.61 bits per heavy atom. The van der Waals surface area contributed by atoms with Crippen molar-refractivity contribution in [3.8, 4) is 0 Å². The molecule has 1 heterocycles. The molecule has 0 N–H and O–H groups in total. The van der Waals surface area contributed by atoms with Gasteiger partial charge in [0.15, 0.2) is 6.04 Å². The minimum absolute atomic E-state index is 0.319. The smallest absolute Gasteiger partial charge is 0.331 e. The standard InChI is InChI=1S/C13H16FNO2S/c1-13(2)6-8(4-5-10(13)14)11-15-9(7-18-11)12(16)17-3/h4-6,9-10H,7H2,1-3H3. The quantitative estimate of drug-likeness (QED) is 0.723. The fourth-order valence-electron chi connectivity index (χ4n) is 1.89. The van der Waals surface area contributed by atoms with Gasteiger partial charge < -0.3 is 4.74 Å². The molecular formula is C13H16FNO2S. The van der Waals surface area contributed by atoms with Gasteiger partial charge in [0.25, 0.3) is 0 Å². The summed E-state index contributed by atoms with van der Waals surface area (Å²) in [5.41, 5.74) is 0.363. The maximum atomic E-state index is 13.6. The maximum absolute atomic E-state index is 13.6. The molecule has 0 aromatic carbocycles. The van der Waals surface area contributed by atoms with Crippen LogP contribution in [0.4, 0.5) is 4.39 Å². The summed E-state index contributed by atoms with van der Waals surface area (Å²) in [6.45, 7) is 3.69. The summed E-state index contributed by atoms with van der Waals surface area (Å²) < 4.78 is 18.3. The summed E-state index contributed by atoms with van der Waals surface area (Å²) in [6.07, 6.45) is 4.18. The lowest BCUT2D eigenvalue weighted by Gasteiger charge is -2.27. The molecule has 2 aliphatic rings. The summed E-state index contributed by atoms with van der Waals surface area (Å²) in [5.74, 6) is 0.271. The third-order valence-corrected chi connectivity index (χ3v) is 4.15. The van der Waals surface area contributed by atoms with Crippen LogP contribution in [-0.4, -0.2) is 36.1 Å². The summed E-state index contributed by atoms with van der Waals surface area (Å²) in [4.78, 5) is 15.7. The van der Waals surface area contributed by atoms with Crippen LogP contribution in [-0.2, 0) is 9.53 Å². The van der Waals surface area contributed by atoms with Crippen LogP contribution in [0.5, 0.6) is 0 Å². The van der Waals surface area contributed by atoms with Gasteiger partial charge in [-0.05, 0) is 6.08 Å². The Hall–Kier alpha value is -1.10. The van der Waals surface area contributed by atoms with Gasteiger partial charge in [0.1, 0.15) is 6.17 Å². The first-order chi connectivity index (χ1) is 8.44. The van der Waals surface area contributed by atoms with Crippen LogP contribution < -0.4 is 0 Å². The minimum atomic E-state index is -0.982. The Morgan fingerprint density at radius 3 is 2.94 bits per heavy atom. The number of thioether (sulfide) groups is 1. The molecule has 98 valence electrons. The van der Waals surface area contributed by atoms with Gasteiger partial charge >= 0.3 is 5.97 Å². The van der Waals surface area contributed by atoms with Gasteiger partial charge in [-0.3, -0.25) is 4.99 Å². The molecule has 5 heteroatoms. The molecule has 0 amide bonds. The fourth-order valence-corrected chi connectivity index (χ4v) is 2.91. The third kappa shape index (κ3) is 2.51. The first kappa shape index (κ1) is 13.3. The first-order valence-electron chi connectivity index (χ1n) is 5.78. The van der Waals surface area contributed by atoms with Crippen molar-refractivity contribution < 1.29 is 13.9 Å². The molecule has 0 spiro atoms. The number of halogens is 1. The molecule has 2 atom stereocenters. The van der Waals surface area contributed by atoms with Crippen molar-refractivity contribution in [2.24, 2.45) is 10.4 Å². The van der Waals surface area contributed by atoms with Crippen LogP contribution in [0, 0.1) is 5.41 Å². The average molecular weight is 269 g/mol. The van der Waals surface area contributed by atoms with E-state index in [9.17, 15) is 9.18 Å². The topological polar surface area (TPSA) is 38.7 Å². The average Bonchev–Trinajstić information content (AvgIpc) is 2.81. The van der Waals surface area contributed by atoms with Crippen molar-refractivity contribution in [2.45, 2.75) is 26.1 Å². The molecular weight excluding hydrogens is 253 g/mol. The van der Waals surface area contributed by atoms with Gasteiger partial charge in [-0.2, -0.15) is 0 Å². The molecule has 1 aliphatic carbocycles. The highest BCUT2D eigenvalue weighted by molar-refractivity contribution is 8.14. The molecule has 1 aliphatic heterocycles. The van der Waals surface area contributed by atoms with E-state index in [1.54, 1.807) is 12.2 Å². The number of carbonyl (C=O) groups excluding carboxylic acids is 1. The van der Waals surface area contributed by atoms with E-state index in [1.807, 2.05) is 19.9 Å². The van der Waals surface area contributed by atoms with Crippen LogP contribution in [0.15, 0.2) is 28.8 Å². The number of esters is 1. The monoisotopic (exact) mass is 269 g/mol. The van der Waals surface area contributed by atoms with Gasteiger partial charge in [0.2, 0.25) is 0 Å². The van der Waals surface area contributed by atoms with Crippen LogP contribution in [0.2, 0.25) is 0 Å². The largest absolute Gasteiger partial charge is 0.467 e. The van der Waals surface area contributed by atoms with E-state index < -0.39 is 17.6 Å². The molecule has 0 bridgehead atoms. The predicted octanol–water partition coefficient (Wildman–Crippen LogP) is 2.53. The first-order valence-corrected chi connectivity index (χ1v) is 6.76. The second-order valence-electron chi connectivity index (χ2n) is 4.97. The predicted molar refractivity (Wildman–Crippen MR) is 71.6 cm³/mol. The van der Waals surface area contributed by atoms with Crippen LogP contribution in [0.25, 0.3) is 0 Å². The van der Waals surface area contributed by atoms with Gasteiger partial charge in [0, 0.05) is 16.7 Å². The van der Waals surface area contributed by atoms with Crippen molar-refractivity contribution >= 4 is 22.8 Å². The third-order valence-electron chi connectivity index (χ3n) is 3.05. The number of carbonyl (C=O) groups is 1. The second kappa shape index (κ2) is 4.88. The maximum Gasteiger partial charge on any atom is 0.331 e. The van der Waals surface area contributed by atoms with E-state index in [0.29, 0.717) is 5.75 Å². The number of alkyl halides is 1. The lowest BCUT2D eigenvalue weighted by Crippen LogP contribution is -2.25. The summed E-state index contributed by atoms with van der Waals surface area (Å²) >= 11 is 1.51. The fraction of sp³-hybridized carbons (Fsp3) is 0.538. The molecule has 0 saturated carbocycles. The van der Waals surface area contributed by atoms with E-state index >= 15 is 0 Å². The van der Waals surface area contributed by atoms with E-state index in [2.05, 4.69) is 9.73 Å². The van der Waals surface area contributed by atoms with Gasteiger partial charge in [-0.1, -0.05) is 26.0 Å². The number of nitrogens with zero attached hydrogens (tertiary/aromatic N) is 1. The van der Waals surface area contributed by atoms with Crippen LogP contribution in [0.1, 0.15) is 13.8 Å². The Balaban J connectivity index is 2.19. The lowest BCUT2D eigenvalue weighted by molar-refractivity contribution is -0.141. The Bertz CT molecular complexity index is 454. The number of aliphatic imine (C=N–C) groups is 1. The molecule has 0 fully saturated rings. The normalized spacial score (nSPS) is 29.8. The Kier molecular flexibility index (Phi) is 3.61. The van der Waals surface area contributed by atoms with E-state index in [-0.39, 0.29) is 5.97 Å². The zero-order chi connectivity index (χ0) is 13.3. The molecule has 2 rings (SSSR count). The van der Waals surface area contributed by atoms with Crippen molar-refractivity contribution in [2.75, 3.05) is 12.9 Å². The minimum Gasteiger partial charge on any atom is -0.467 e. The highest BCUT2D eigenvalue weighted by Gasteiger charge is 2.32. The van der Waals surface area contributed by atoms with E-state index in [1.165, 1.54) is 18.9 Å². The Morgan fingerprint density at radius 2 is 2.33 bits per heavy atom. The highest BCUT2D eigenvalue weighted by Crippen LogP contribution is 2.35. The highest BCUT2D eigenvalue weighted by atomic mass is 32.2. The van der Waals surface area contributed by atoms with E-state index in [0.717, 1.165) is 10.6 Å². The number of rotatable bonds is 2. The SMILES string of the molecule is COC(=O)C1CSC(C2=CC(C)(C)C(F)C=C2)=N1. The van der Waals surface area contributed by atoms with E-state index in [4.69, 9.17) is 0 Å². The molecule has 0 radical (unpaired) electrons. The number of hydrogen-bond donors (Lipinski definition) is 0. The number of allylic oxidation sites excluding steroid dienone is 3. The number of methoxy groups -OCH3 is 1. The Labute approximate surface area is 110 Å². The van der Waals surface area contributed by atoms with Crippen molar-refractivity contribution in [1.29, 1.82) is 0 Å². The molecule has 18 heavy (non-hydrogen) atoms. The van der Waals surface area contributed by atoms with Crippen molar-refractivity contribution in [3.63, 3.8) is 0 Å². The zero-order valence-corrected chi connectivity index (χ0v) is 11.5. The van der Waals surface area contributed by atoms with Gasteiger partial charge in [-0.25, -0.2) is 9.18 Å². The lowest BCUT2D eigenvalue weighted by atomic mass is 9.82. The summed E-state index contributed by atoms with van der Waals surface area (Å²) in [7, 11) is 1.36. The molecule has 2 unspecified atom stereocenters. The molecule has 0 saturated heterocycles. The summed E-state index contributed by atoms with van der Waals surface area (Å²) in [6, 6.07) is -0.435. The van der Waals surface area contributed by atoms with Crippen LogP contribution >= 0.6 is 11.8 Å². The van der Waals surface area contributed by atoms with Gasteiger partial charge in [-0.15, -0.1) is 11.8 Å². The molecule has 0 aromatic rings. The van der Waals surface area contributed by atoms with Crippen LogP contribution in [0.3, 0.4) is 0 Å². The zero-order valence-electron chi connectivity index (χ0n) is 10.6. The second-order valence-corrected chi connectivity index (χ2v) is 5.97. The van der Waals surface area contributed by atoms with Crippen molar-refractivity contribution in [3.05, 3.63) is 23.8 Å².